The third-order valence-electron chi connectivity index (χ3n) is 1.33. The molecule has 1 heterocycles. The topological polar surface area (TPSA) is 17.3 Å². The Labute approximate surface area is 56.3 Å². The Morgan fingerprint density at radius 1 is 1.60 bits per heavy atom. The molecule has 0 fully saturated rings. The van der Waals surface area contributed by atoms with E-state index in [9.17, 15) is 13.2 Å². The van der Waals surface area contributed by atoms with E-state index in [1.165, 1.54) is 12.1 Å². The molecule has 1 aliphatic rings. The van der Waals surface area contributed by atoms with Gasteiger partial charge in [0, 0.05) is 0 Å². The van der Waals surface area contributed by atoms with Crippen molar-refractivity contribution in [3.8, 4) is 0 Å². The number of halogens is 3. The molecule has 0 amide bonds. The predicted octanol–water partition coefficient (Wildman–Crippen LogP) is 0.432. The van der Waals surface area contributed by atoms with Crippen LogP contribution in [-0.4, -0.2) is 31.0 Å². The van der Waals surface area contributed by atoms with E-state index < -0.39 is 12.1 Å². The number of rotatable bonds is 0. The number of alkyl halides is 3. The van der Waals surface area contributed by atoms with Gasteiger partial charge in [-0.3, -0.25) is 0 Å². The van der Waals surface area contributed by atoms with Crippen LogP contribution in [0.2, 0.25) is 0 Å². The smallest absolute Gasteiger partial charge is 0.170 e. The number of hydrogen-bond donors (Lipinski definition) is 0. The van der Waals surface area contributed by atoms with Gasteiger partial charge in [0.05, 0.1) is 7.05 Å². The van der Waals surface area contributed by atoms with Crippen LogP contribution in [-0.2, 0) is 0 Å². The molecule has 0 aromatic carbocycles. The molecule has 1 unspecified atom stereocenters. The molecule has 0 saturated heterocycles. The Bertz CT molecular complexity index is 151. The van der Waals surface area contributed by atoms with E-state index in [0.29, 0.717) is 0 Å². The van der Waals surface area contributed by atoms with Crippen molar-refractivity contribution < 1.29 is 13.2 Å². The van der Waals surface area contributed by atoms with E-state index in [2.05, 4.69) is 5.10 Å². The van der Waals surface area contributed by atoms with Crippen molar-refractivity contribution in [2.45, 2.75) is 6.18 Å². The summed E-state index contributed by atoms with van der Waals surface area (Å²) in [5, 5.41) is 4.75. The Morgan fingerprint density at radius 2 is 2.20 bits per heavy atom. The van der Waals surface area contributed by atoms with Gasteiger partial charge in [-0.1, -0.05) is 0 Å². The SMILES string of the molecule is CN1CC(C(F)(F)F)C=[N+]1. The summed E-state index contributed by atoms with van der Waals surface area (Å²) >= 11 is 0. The van der Waals surface area contributed by atoms with Gasteiger partial charge in [-0.2, -0.15) is 13.2 Å². The number of hydrogen-bond acceptors (Lipinski definition) is 2. The van der Waals surface area contributed by atoms with Gasteiger partial charge in [0.15, 0.2) is 11.0 Å². The van der Waals surface area contributed by atoms with Gasteiger partial charge < -0.3 is 0 Å². The lowest BCUT2D eigenvalue weighted by Crippen LogP contribution is -2.28. The van der Waals surface area contributed by atoms with Gasteiger partial charge in [0.25, 0.3) is 6.21 Å². The van der Waals surface area contributed by atoms with Crippen molar-refractivity contribution in [2.24, 2.45) is 5.92 Å². The minimum Gasteiger partial charge on any atom is -0.170 e. The van der Waals surface area contributed by atoms with Gasteiger partial charge in [0.1, 0.15) is 6.54 Å². The highest BCUT2D eigenvalue weighted by molar-refractivity contribution is 5.62. The Kier molecular flexibility index (Phi) is 1.58. The summed E-state index contributed by atoms with van der Waals surface area (Å²) in [6.45, 7) is -0.0521. The normalized spacial score (nSPS) is 26.0. The highest BCUT2D eigenvalue weighted by atomic mass is 19.4. The van der Waals surface area contributed by atoms with Crippen LogP contribution in [0.4, 0.5) is 13.2 Å². The maximum absolute atomic E-state index is 11.8. The highest BCUT2D eigenvalue weighted by Gasteiger charge is 2.46. The summed E-state index contributed by atoms with van der Waals surface area (Å²) in [5.41, 5.74) is 0. The van der Waals surface area contributed by atoms with Gasteiger partial charge in [-0.25, -0.2) is 0 Å². The molecule has 10 heavy (non-hydrogen) atoms. The Morgan fingerprint density at radius 3 is 2.40 bits per heavy atom. The first kappa shape index (κ1) is 7.37. The second-order valence-electron chi connectivity index (χ2n) is 2.25. The lowest BCUT2D eigenvalue weighted by molar-refractivity contribution is -0.154. The van der Waals surface area contributed by atoms with Crippen molar-refractivity contribution >= 4 is 6.21 Å². The Balaban J connectivity index is 2.55. The van der Waals surface area contributed by atoms with Gasteiger partial charge >= 0.3 is 6.18 Å². The molecule has 0 spiro atoms. The second kappa shape index (κ2) is 2.14. The van der Waals surface area contributed by atoms with Gasteiger partial charge in [0.2, 0.25) is 0 Å². The number of nitrogens with zero attached hydrogens (tertiary/aromatic N) is 2. The fourth-order valence-corrected chi connectivity index (χ4v) is 0.761. The highest BCUT2D eigenvalue weighted by Crippen LogP contribution is 2.26. The Hall–Kier alpha value is -0.740. The van der Waals surface area contributed by atoms with Crippen LogP contribution in [0.15, 0.2) is 0 Å². The molecule has 1 rings (SSSR count). The fraction of sp³-hybridized carbons (Fsp3) is 0.800. The lowest BCUT2D eigenvalue weighted by Gasteiger charge is -2.07. The average molecular weight is 152 g/mol. The van der Waals surface area contributed by atoms with Crippen molar-refractivity contribution in [3.05, 3.63) is 0 Å². The van der Waals surface area contributed by atoms with Crippen molar-refractivity contribution in [3.63, 3.8) is 0 Å². The minimum absolute atomic E-state index is 0.0521. The number of hydrazone groups is 1. The van der Waals surface area contributed by atoms with E-state index in [1.54, 1.807) is 0 Å². The van der Waals surface area contributed by atoms with Crippen molar-refractivity contribution in [2.75, 3.05) is 13.6 Å². The molecule has 2 nitrogen and oxygen atoms in total. The molecular weight excluding hydrogens is 145 g/mol. The molecule has 1 aliphatic heterocycles. The molecular formula is C5H7F3N2+. The molecule has 5 heteroatoms. The third-order valence-corrected chi connectivity index (χ3v) is 1.33. The molecule has 0 aromatic heterocycles. The minimum atomic E-state index is -4.13. The van der Waals surface area contributed by atoms with Crippen LogP contribution < -0.4 is 5.10 Å². The summed E-state index contributed by atoms with van der Waals surface area (Å²) < 4.78 is 35.4. The maximum Gasteiger partial charge on any atom is 0.403 e. The summed E-state index contributed by atoms with van der Waals surface area (Å²) in [6.07, 6.45) is -3.20. The van der Waals surface area contributed by atoms with E-state index in [1.807, 2.05) is 0 Å². The van der Waals surface area contributed by atoms with Crippen molar-refractivity contribution in [1.29, 1.82) is 0 Å². The zero-order chi connectivity index (χ0) is 7.78. The van der Waals surface area contributed by atoms with Crippen LogP contribution in [0.3, 0.4) is 0 Å². The van der Waals surface area contributed by atoms with Crippen LogP contribution in [0.5, 0.6) is 0 Å². The third kappa shape index (κ3) is 1.40. The lowest BCUT2D eigenvalue weighted by atomic mass is 10.2. The molecule has 0 bridgehead atoms. The maximum atomic E-state index is 11.8. The van der Waals surface area contributed by atoms with Crippen molar-refractivity contribution in [1.82, 2.24) is 10.1 Å². The summed E-state index contributed by atoms with van der Waals surface area (Å²) in [7, 11) is 1.52. The van der Waals surface area contributed by atoms with Crippen LogP contribution in [0.25, 0.3) is 0 Å². The van der Waals surface area contributed by atoms with Crippen LogP contribution >= 0.6 is 0 Å². The van der Waals surface area contributed by atoms with Crippen LogP contribution in [0.1, 0.15) is 0 Å². The first-order valence-electron chi connectivity index (χ1n) is 2.82. The van der Waals surface area contributed by atoms with Gasteiger partial charge in [-0.05, 0) is 0 Å². The summed E-state index contributed by atoms with van der Waals surface area (Å²) in [4.78, 5) is 0. The van der Waals surface area contributed by atoms with E-state index in [0.717, 1.165) is 6.21 Å². The zero-order valence-electron chi connectivity index (χ0n) is 5.39. The van der Waals surface area contributed by atoms with E-state index in [4.69, 9.17) is 0 Å². The summed E-state index contributed by atoms with van der Waals surface area (Å²) in [6, 6.07) is 0. The summed E-state index contributed by atoms with van der Waals surface area (Å²) in [5.74, 6) is -1.38. The zero-order valence-corrected chi connectivity index (χ0v) is 5.39. The van der Waals surface area contributed by atoms with Crippen LogP contribution in [0, 0.1) is 5.92 Å². The van der Waals surface area contributed by atoms with E-state index >= 15 is 0 Å². The average Bonchev–Trinajstić information content (AvgIpc) is 2.11. The standard InChI is InChI=1S/C5H7F3N2/c1-10-3-4(2-9-10)5(6,7)8/h2,4H,3H2,1H3/q+1. The monoisotopic (exact) mass is 152 g/mol. The molecule has 0 N–H and O–H groups in total. The first-order valence-corrected chi connectivity index (χ1v) is 2.82. The molecule has 1 radical (unpaired) electrons. The molecule has 0 aromatic rings. The quantitative estimate of drug-likeness (QED) is 0.492. The molecule has 57 valence electrons. The fourth-order valence-electron chi connectivity index (χ4n) is 0.761. The largest absolute Gasteiger partial charge is 0.403 e. The first-order chi connectivity index (χ1) is 4.50. The van der Waals surface area contributed by atoms with Gasteiger partial charge in [-0.15, -0.1) is 5.01 Å². The molecule has 1 atom stereocenters. The molecule has 0 saturated carbocycles. The predicted molar refractivity (Wildman–Crippen MR) is 30.4 cm³/mol. The molecule has 0 aliphatic carbocycles. The van der Waals surface area contributed by atoms with E-state index in [-0.39, 0.29) is 6.54 Å². The second-order valence-corrected chi connectivity index (χ2v) is 2.25.